The van der Waals surface area contributed by atoms with E-state index in [0.717, 1.165) is 16.7 Å². The Morgan fingerprint density at radius 1 is 1.09 bits per heavy atom. The lowest BCUT2D eigenvalue weighted by Crippen LogP contribution is -2.63. The summed E-state index contributed by atoms with van der Waals surface area (Å²) in [6.45, 7) is 5.88. The lowest BCUT2D eigenvalue weighted by molar-refractivity contribution is -0.132. The quantitative estimate of drug-likeness (QED) is 0.655. The number of benzene rings is 2. The number of nitrogens with one attached hydrogen (secondary N) is 2. The molecule has 0 spiro atoms. The predicted octanol–water partition coefficient (Wildman–Crippen LogP) is 3.85. The van der Waals surface area contributed by atoms with Crippen LogP contribution in [0.15, 0.2) is 48.5 Å². The number of hydrogen-bond acceptors (Lipinski definition) is 6. The average molecular weight is 475 g/mol. The Labute approximate surface area is 205 Å². The van der Waals surface area contributed by atoms with Crippen LogP contribution in [0.5, 0.6) is 0 Å². The van der Waals surface area contributed by atoms with Crippen molar-refractivity contribution in [3.8, 4) is 23.3 Å². The minimum atomic E-state index is -1.20. The van der Waals surface area contributed by atoms with Gasteiger partial charge in [-0.3, -0.25) is 4.79 Å². The summed E-state index contributed by atoms with van der Waals surface area (Å²) in [5.41, 5.74) is 1.43. The summed E-state index contributed by atoms with van der Waals surface area (Å²) in [7, 11) is 0. The third-order valence-electron chi connectivity index (χ3n) is 5.70. The maximum absolute atomic E-state index is 13.3. The zero-order chi connectivity index (χ0) is 25.5. The van der Waals surface area contributed by atoms with E-state index in [4.69, 9.17) is 14.7 Å². The molecule has 1 atom stereocenters. The van der Waals surface area contributed by atoms with Crippen LogP contribution in [0.25, 0.3) is 11.1 Å². The van der Waals surface area contributed by atoms with Crippen LogP contribution in [0.1, 0.15) is 44.7 Å². The molecule has 8 nitrogen and oxygen atoms in total. The van der Waals surface area contributed by atoms with E-state index >= 15 is 0 Å². The first-order valence-corrected chi connectivity index (χ1v) is 11.5. The van der Waals surface area contributed by atoms with Crippen LogP contribution in [0.4, 0.5) is 4.79 Å². The second-order valence-corrected chi connectivity index (χ2v) is 9.57. The summed E-state index contributed by atoms with van der Waals surface area (Å²) < 4.78 is 10.7. The van der Waals surface area contributed by atoms with E-state index in [0.29, 0.717) is 25.2 Å². The molecule has 0 saturated carbocycles. The molecule has 0 bridgehead atoms. The molecule has 1 saturated heterocycles. The second-order valence-electron chi connectivity index (χ2n) is 9.57. The second kappa shape index (κ2) is 11.0. The van der Waals surface area contributed by atoms with Gasteiger partial charge in [-0.25, -0.2) is 4.79 Å². The van der Waals surface area contributed by atoms with Crippen molar-refractivity contribution in [2.45, 2.75) is 57.2 Å². The maximum Gasteiger partial charge on any atom is 0.408 e. The van der Waals surface area contributed by atoms with Gasteiger partial charge in [0.15, 0.2) is 0 Å². The molecule has 182 valence electrons. The lowest BCUT2D eigenvalue weighted by atomic mass is 9.88. The molecular formula is C27H30N4O4. The summed E-state index contributed by atoms with van der Waals surface area (Å²) in [4.78, 5) is 25.7. The molecule has 1 heterocycles. The molecule has 0 radical (unpaired) electrons. The van der Waals surface area contributed by atoms with E-state index in [1.54, 1.807) is 26.8 Å². The van der Waals surface area contributed by atoms with Gasteiger partial charge in [0.05, 0.1) is 17.7 Å². The fourth-order valence-corrected chi connectivity index (χ4v) is 3.89. The van der Waals surface area contributed by atoms with Crippen molar-refractivity contribution in [3.63, 3.8) is 0 Å². The van der Waals surface area contributed by atoms with Gasteiger partial charge in [-0.05, 0) is 49.6 Å². The minimum Gasteiger partial charge on any atom is -0.444 e. The highest BCUT2D eigenvalue weighted by molar-refractivity contribution is 5.90. The van der Waals surface area contributed by atoms with E-state index in [1.807, 2.05) is 42.5 Å². The molecule has 2 amide bonds. The van der Waals surface area contributed by atoms with Crippen LogP contribution in [-0.4, -0.2) is 42.4 Å². The number of alkyl carbamates (subject to hydrolysis) is 1. The molecule has 1 unspecified atom stereocenters. The topological polar surface area (TPSA) is 124 Å². The number of hydrogen-bond donors (Lipinski definition) is 2. The molecule has 3 rings (SSSR count). The Hall–Kier alpha value is -3.88. The molecule has 2 N–H and O–H groups in total. The van der Waals surface area contributed by atoms with Crippen LogP contribution in [0.2, 0.25) is 0 Å². The van der Waals surface area contributed by atoms with Gasteiger partial charge in [0.2, 0.25) is 5.91 Å². The van der Waals surface area contributed by atoms with Gasteiger partial charge in [-0.2, -0.15) is 10.5 Å². The monoisotopic (exact) mass is 474 g/mol. The van der Waals surface area contributed by atoms with Gasteiger partial charge in [-0.1, -0.05) is 36.4 Å². The third-order valence-corrected chi connectivity index (χ3v) is 5.70. The van der Waals surface area contributed by atoms with Gasteiger partial charge in [0.1, 0.15) is 17.2 Å². The molecular weight excluding hydrogens is 444 g/mol. The number of ether oxygens (including phenoxy) is 2. The Balaban J connectivity index is 1.69. The van der Waals surface area contributed by atoms with Crippen molar-refractivity contribution in [1.82, 2.24) is 10.6 Å². The van der Waals surface area contributed by atoms with E-state index < -0.39 is 29.2 Å². The van der Waals surface area contributed by atoms with Crippen molar-refractivity contribution in [2.24, 2.45) is 0 Å². The number of carbonyl (C=O) groups excluding carboxylic acids is 2. The molecule has 1 aliphatic heterocycles. The molecule has 2 aromatic rings. The zero-order valence-electron chi connectivity index (χ0n) is 20.3. The van der Waals surface area contributed by atoms with Crippen molar-refractivity contribution in [1.29, 1.82) is 10.5 Å². The largest absolute Gasteiger partial charge is 0.444 e. The minimum absolute atomic E-state index is 0.284. The van der Waals surface area contributed by atoms with Crippen molar-refractivity contribution in [3.05, 3.63) is 59.7 Å². The average Bonchev–Trinajstić information content (AvgIpc) is 2.83. The summed E-state index contributed by atoms with van der Waals surface area (Å²) in [5, 5.41) is 24.3. The first-order chi connectivity index (χ1) is 16.6. The molecule has 35 heavy (non-hydrogen) atoms. The number of carbonyl (C=O) groups is 2. The predicted molar refractivity (Wildman–Crippen MR) is 130 cm³/mol. The van der Waals surface area contributed by atoms with E-state index in [2.05, 4.69) is 22.8 Å². The van der Waals surface area contributed by atoms with Gasteiger partial charge < -0.3 is 20.1 Å². The normalized spacial score (nSPS) is 15.7. The molecule has 0 aliphatic carbocycles. The number of amides is 2. The summed E-state index contributed by atoms with van der Waals surface area (Å²) >= 11 is 0. The van der Waals surface area contributed by atoms with Gasteiger partial charge in [0.25, 0.3) is 0 Å². The molecule has 8 heteroatoms. The highest BCUT2D eigenvalue weighted by Crippen LogP contribution is 2.24. The fourth-order valence-electron chi connectivity index (χ4n) is 3.89. The van der Waals surface area contributed by atoms with Gasteiger partial charge >= 0.3 is 6.09 Å². The van der Waals surface area contributed by atoms with Crippen molar-refractivity contribution in [2.75, 3.05) is 13.2 Å². The molecule has 0 aromatic heterocycles. The van der Waals surface area contributed by atoms with Gasteiger partial charge in [0, 0.05) is 32.5 Å². The number of rotatable bonds is 6. The molecule has 1 fully saturated rings. The number of nitrogens with zero attached hydrogens (tertiary/aromatic N) is 2. The maximum atomic E-state index is 13.3. The van der Waals surface area contributed by atoms with Crippen LogP contribution >= 0.6 is 0 Å². The number of nitriles is 2. The van der Waals surface area contributed by atoms with Gasteiger partial charge in [-0.15, -0.1) is 0 Å². The van der Waals surface area contributed by atoms with Crippen LogP contribution in [-0.2, 0) is 20.7 Å². The molecule has 2 aromatic carbocycles. The third kappa shape index (κ3) is 7.05. The standard InChI is InChI=1S/C27H30N4O4/c1-26(2,3)35-25(33)31-27(11-13-34-14-12-27)24(32)30-23(18-29)16-19-7-9-21(10-8-19)22-6-4-5-20(15-22)17-28/h4-10,15,23H,11-14,16H2,1-3H3,(H,30,32)(H,31,33). The van der Waals surface area contributed by atoms with Crippen LogP contribution < -0.4 is 10.6 Å². The first-order valence-electron chi connectivity index (χ1n) is 11.5. The highest BCUT2D eigenvalue weighted by atomic mass is 16.6. The van der Waals surface area contributed by atoms with E-state index in [1.165, 1.54) is 0 Å². The summed E-state index contributed by atoms with van der Waals surface area (Å²) in [6.07, 6.45) is 0.193. The smallest absolute Gasteiger partial charge is 0.408 e. The van der Waals surface area contributed by atoms with Crippen LogP contribution in [0, 0.1) is 22.7 Å². The SMILES string of the molecule is CC(C)(C)OC(=O)NC1(C(=O)NC(C#N)Cc2ccc(-c3cccc(C#N)c3)cc2)CCOCC1. The summed E-state index contributed by atoms with van der Waals surface area (Å²) in [5.74, 6) is -0.428. The van der Waals surface area contributed by atoms with Crippen molar-refractivity contribution < 1.29 is 19.1 Å². The Kier molecular flexibility index (Phi) is 8.11. The Morgan fingerprint density at radius 2 is 1.77 bits per heavy atom. The zero-order valence-corrected chi connectivity index (χ0v) is 20.3. The summed E-state index contributed by atoms with van der Waals surface area (Å²) in [6, 6.07) is 18.5. The lowest BCUT2D eigenvalue weighted by Gasteiger charge is -2.37. The first kappa shape index (κ1) is 25.7. The Bertz CT molecular complexity index is 1130. The highest BCUT2D eigenvalue weighted by Gasteiger charge is 2.43. The molecule has 1 aliphatic rings. The van der Waals surface area contributed by atoms with Crippen LogP contribution in [0.3, 0.4) is 0 Å². The van der Waals surface area contributed by atoms with E-state index in [9.17, 15) is 14.9 Å². The Morgan fingerprint density at radius 3 is 2.37 bits per heavy atom. The van der Waals surface area contributed by atoms with E-state index in [-0.39, 0.29) is 12.8 Å². The fraction of sp³-hybridized carbons (Fsp3) is 0.407. The van der Waals surface area contributed by atoms with Crippen molar-refractivity contribution >= 4 is 12.0 Å².